The highest BCUT2D eigenvalue weighted by Gasteiger charge is 1.99. The molecule has 0 aliphatic carbocycles. The Kier molecular flexibility index (Phi) is 0.957. The molecule has 8 heavy (non-hydrogen) atoms. The van der Waals surface area contributed by atoms with Gasteiger partial charge in [0.25, 0.3) is 5.91 Å². The molecule has 0 unspecified atom stereocenters. The van der Waals surface area contributed by atoms with Gasteiger partial charge in [0.2, 0.25) is 12.2 Å². The van der Waals surface area contributed by atoms with E-state index < -0.39 is 5.91 Å². The molecule has 0 spiro atoms. The van der Waals surface area contributed by atoms with Crippen molar-refractivity contribution >= 4 is 5.91 Å². The van der Waals surface area contributed by atoms with Gasteiger partial charge in [0.15, 0.2) is 0 Å². The van der Waals surface area contributed by atoms with E-state index in [0.717, 1.165) is 0 Å². The molecule has 0 fully saturated rings. The molecule has 1 radical (unpaired) electrons. The van der Waals surface area contributed by atoms with Gasteiger partial charge in [-0.25, -0.2) is 0 Å². The van der Waals surface area contributed by atoms with Crippen molar-refractivity contribution in [2.45, 2.75) is 0 Å². The van der Waals surface area contributed by atoms with Crippen LogP contribution < -0.4 is 5.73 Å². The molecule has 3 N–H and O–H groups in total. The fraction of sp³-hybridized carbons (Fsp3) is 0. The Morgan fingerprint density at radius 3 is 2.88 bits per heavy atom. The van der Waals surface area contributed by atoms with E-state index in [0.29, 0.717) is 0 Å². The van der Waals surface area contributed by atoms with Crippen molar-refractivity contribution in [2.24, 2.45) is 5.73 Å². The third-order valence-electron chi connectivity index (χ3n) is 0.607. The summed E-state index contributed by atoms with van der Waals surface area (Å²) in [4.78, 5) is 13.5. The van der Waals surface area contributed by atoms with Gasteiger partial charge in [-0.1, -0.05) is 0 Å². The minimum absolute atomic E-state index is 0.0324. The summed E-state index contributed by atoms with van der Waals surface area (Å²) in [7, 11) is 0. The summed E-state index contributed by atoms with van der Waals surface area (Å²) >= 11 is 0. The third kappa shape index (κ3) is 0.651. The highest BCUT2D eigenvalue weighted by atomic mass is 16.1. The number of H-pyrrole nitrogens is 1. The van der Waals surface area contributed by atoms with Gasteiger partial charge in [0.1, 0.15) is 0 Å². The fourth-order valence-electron chi connectivity index (χ4n) is 0.288. The van der Waals surface area contributed by atoms with Gasteiger partial charge in [-0.3, -0.25) is 9.89 Å². The Morgan fingerprint density at radius 1 is 1.88 bits per heavy atom. The average Bonchev–Trinajstić information content (AvgIpc) is 2.12. The minimum Gasteiger partial charge on any atom is -0.363 e. The van der Waals surface area contributed by atoms with E-state index in [2.05, 4.69) is 21.5 Å². The van der Waals surface area contributed by atoms with Crippen LogP contribution in [0.1, 0.15) is 10.6 Å². The molecular weight excluding hydrogens is 108 g/mol. The van der Waals surface area contributed by atoms with Gasteiger partial charge in [0, 0.05) is 0 Å². The predicted octanol–water partition coefficient (Wildman–Crippen LogP) is -1.30. The number of primary amides is 1. The van der Waals surface area contributed by atoms with Crippen molar-refractivity contribution in [3.8, 4) is 0 Å². The topological polar surface area (TPSA) is 84.7 Å². The van der Waals surface area contributed by atoms with E-state index in [4.69, 9.17) is 5.73 Å². The Bertz CT molecular complexity index is 179. The second kappa shape index (κ2) is 1.61. The summed E-state index contributed by atoms with van der Waals surface area (Å²) in [6, 6.07) is 0. The number of rotatable bonds is 1. The quantitative estimate of drug-likeness (QED) is 0.472. The molecule has 1 rings (SSSR count). The van der Waals surface area contributed by atoms with E-state index in [-0.39, 0.29) is 5.82 Å². The van der Waals surface area contributed by atoms with Crippen LogP contribution in [0.2, 0.25) is 0 Å². The maximum Gasteiger partial charge on any atom is 0.286 e. The zero-order valence-corrected chi connectivity index (χ0v) is 3.88. The van der Waals surface area contributed by atoms with Gasteiger partial charge in [-0.15, -0.1) is 5.10 Å². The van der Waals surface area contributed by atoms with Crippen LogP contribution in [0.3, 0.4) is 0 Å². The lowest BCUT2D eigenvalue weighted by molar-refractivity contribution is 0.0991. The first-order valence-corrected chi connectivity index (χ1v) is 1.89. The standard InChI is InChI=1S/C3H3N4O/c4-2(8)3-5-1-6-7-3/h(H2,4,8)(H,5,6,7). The zero-order valence-electron chi connectivity index (χ0n) is 3.88. The lowest BCUT2D eigenvalue weighted by Crippen LogP contribution is -2.12. The van der Waals surface area contributed by atoms with Crippen molar-refractivity contribution in [2.75, 3.05) is 0 Å². The lowest BCUT2D eigenvalue weighted by atomic mass is 10.6. The van der Waals surface area contributed by atoms with E-state index in [9.17, 15) is 4.79 Å². The van der Waals surface area contributed by atoms with Crippen molar-refractivity contribution in [1.29, 1.82) is 0 Å². The van der Waals surface area contributed by atoms with Gasteiger partial charge in [0.05, 0.1) is 0 Å². The summed E-state index contributed by atoms with van der Waals surface area (Å²) in [6.07, 6.45) is 2.15. The molecule has 1 aromatic rings. The summed E-state index contributed by atoms with van der Waals surface area (Å²) in [6.45, 7) is 0. The summed E-state index contributed by atoms with van der Waals surface area (Å²) < 4.78 is 0. The van der Waals surface area contributed by atoms with E-state index in [1.165, 1.54) is 0 Å². The van der Waals surface area contributed by atoms with Crippen LogP contribution in [0.4, 0.5) is 0 Å². The smallest absolute Gasteiger partial charge is 0.286 e. The van der Waals surface area contributed by atoms with Gasteiger partial charge in [-0.2, -0.15) is 4.98 Å². The monoisotopic (exact) mass is 111 g/mol. The number of hydrogen-bond acceptors (Lipinski definition) is 3. The number of nitrogens with one attached hydrogen (secondary N) is 1. The lowest BCUT2D eigenvalue weighted by Gasteiger charge is -1.78. The highest BCUT2D eigenvalue weighted by molar-refractivity contribution is 5.88. The Morgan fingerprint density at radius 2 is 2.62 bits per heavy atom. The van der Waals surface area contributed by atoms with Crippen molar-refractivity contribution in [3.63, 3.8) is 0 Å². The van der Waals surface area contributed by atoms with Crippen LogP contribution in [0.5, 0.6) is 0 Å². The van der Waals surface area contributed by atoms with Gasteiger partial charge >= 0.3 is 0 Å². The average molecular weight is 111 g/mol. The summed E-state index contributed by atoms with van der Waals surface area (Å²) in [5.74, 6) is -0.594. The molecule has 0 aliphatic heterocycles. The molecule has 1 aromatic heterocycles. The van der Waals surface area contributed by atoms with E-state index in [1.807, 2.05) is 0 Å². The maximum atomic E-state index is 10.1. The molecule has 1 heterocycles. The van der Waals surface area contributed by atoms with Crippen LogP contribution in [0, 0.1) is 6.33 Å². The van der Waals surface area contributed by atoms with Crippen LogP contribution in [-0.4, -0.2) is 21.1 Å². The molecule has 0 bridgehead atoms. The third-order valence-corrected chi connectivity index (χ3v) is 0.607. The molecule has 0 aliphatic rings. The number of carbonyl (C=O) groups is 1. The first-order chi connectivity index (χ1) is 3.80. The zero-order chi connectivity index (χ0) is 5.98. The van der Waals surface area contributed by atoms with E-state index >= 15 is 0 Å². The number of carbonyl (C=O) groups excluding carboxylic acids is 1. The van der Waals surface area contributed by atoms with Crippen LogP contribution >= 0.6 is 0 Å². The first kappa shape index (κ1) is 4.76. The Labute approximate surface area is 44.9 Å². The summed E-state index contributed by atoms with van der Waals surface area (Å²) in [5.41, 5.74) is 4.77. The number of nitrogens with zero attached hydrogens (tertiary/aromatic N) is 2. The maximum absolute atomic E-state index is 10.1. The van der Waals surface area contributed by atoms with Crippen molar-refractivity contribution in [1.82, 2.24) is 15.2 Å². The normalized spacial score (nSPS) is 9.00. The van der Waals surface area contributed by atoms with Crippen LogP contribution in [0.15, 0.2) is 0 Å². The number of aromatic nitrogens is 3. The Hall–Kier alpha value is -1.39. The van der Waals surface area contributed by atoms with Crippen LogP contribution in [0.25, 0.3) is 0 Å². The number of hydrogen-bond donors (Lipinski definition) is 2. The minimum atomic E-state index is -0.626. The molecule has 41 valence electrons. The number of nitrogens with two attached hydrogens (primary N) is 1. The van der Waals surface area contributed by atoms with Crippen molar-refractivity contribution in [3.05, 3.63) is 12.2 Å². The fourth-order valence-corrected chi connectivity index (χ4v) is 0.288. The Balaban J connectivity index is 2.93. The second-order valence-corrected chi connectivity index (χ2v) is 1.15. The predicted molar refractivity (Wildman–Crippen MR) is 23.7 cm³/mol. The van der Waals surface area contributed by atoms with Gasteiger partial charge < -0.3 is 5.73 Å². The molecule has 5 nitrogen and oxygen atoms in total. The highest BCUT2D eigenvalue weighted by Crippen LogP contribution is 1.77. The SMILES string of the molecule is NC(=O)c1n[c]n[nH]1. The van der Waals surface area contributed by atoms with Gasteiger partial charge in [-0.05, 0) is 0 Å². The van der Waals surface area contributed by atoms with Crippen molar-refractivity contribution < 1.29 is 4.79 Å². The second-order valence-electron chi connectivity index (χ2n) is 1.15. The first-order valence-electron chi connectivity index (χ1n) is 1.89. The largest absolute Gasteiger partial charge is 0.363 e. The number of amides is 1. The summed E-state index contributed by atoms with van der Waals surface area (Å²) in [5, 5.41) is 5.53. The molecule has 0 aromatic carbocycles. The molecule has 0 atom stereocenters. The van der Waals surface area contributed by atoms with E-state index in [1.54, 1.807) is 0 Å². The van der Waals surface area contributed by atoms with Crippen LogP contribution in [-0.2, 0) is 0 Å². The molecular formula is C3H3N4O. The molecule has 0 saturated carbocycles. The molecule has 5 heteroatoms. The molecule has 0 saturated heterocycles. The molecule has 1 amide bonds. The number of aromatic amines is 1.